The van der Waals surface area contributed by atoms with E-state index in [1.807, 2.05) is 6.92 Å². The molecule has 0 fully saturated rings. The second-order valence-electron chi connectivity index (χ2n) is 5.28. The molecule has 118 valence electrons. The maximum absolute atomic E-state index is 13.2. The van der Waals surface area contributed by atoms with Crippen molar-refractivity contribution < 1.29 is 9.18 Å². The third-order valence-electron chi connectivity index (χ3n) is 3.64. The number of carbonyl (C=O) groups is 1. The molecule has 1 amide bonds. The van der Waals surface area contributed by atoms with E-state index in [-0.39, 0.29) is 17.5 Å². The molecule has 1 rings (SSSR count). The molecule has 0 saturated carbocycles. The highest BCUT2D eigenvalue weighted by Gasteiger charge is 2.13. The highest BCUT2D eigenvalue weighted by Crippen LogP contribution is 2.13. The Morgan fingerprint density at radius 2 is 2.05 bits per heavy atom. The maximum atomic E-state index is 13.2. The molecule has 0 aliphatic heterocycles. The average Bonchev–Trinajstić information content (AvgIpc) is 2.46. The smallest absolute Gasteiger partial charge is 0.253 e. The highest BCUT2D eigenvalue weighted by molar-refractivity contribution is 5.99. The lowest BCUT2D eigenvalue weighted by Gasteiger charge is -2.20. The Bertz CT molecular complexity index is 461. The molecule has 0 aromatic heterocycles. The van der Waals surface area contributed by atoms with Gasteiger partial charge in [-0.2, -0.15) is 0 Å². The lowest BCUT2D eigenvalue weighted by molar-refractivity contribution is 0.0937. The third-order valence-corrected chi connectivity index (χ3v) is 3.64. The molecule has 5 heteroatoms. The Balaban J connectivity index is 2.45. The van der Waals surface area contributed by atoms with Crippen LogP contribution in [0.4, 0.5) is 10.1 Å². The summed E-state index contributed by atoms with van der Waals surface area (Å²) in [6, 6.07) is 3.87. The van der Waals surface area contributed by atoms with Gasteiger partial charge in [0, 0.05) is 11.7 Å². The van der Waals surface area contributed by atoms with Gasteiger partial charge in [0.2, 0.25) is 0 Å². The van der Waals surface area contributed by atoms with Crippen LogP contribution in [0.3, 0.4) is 0 Å². The minimum Gasteiger partial charge on any atom is -0.398 e. The molecule has 0 saturated heterocycles. The third kappa shape index (κ3) is 5.71. The summed E-state index contributed by atoms with van der Waals surface area (Å²) in [4.78, 5) is 14.4. The second kappa shape index (κ2) is 8.62. The predicted octanol–water partition coefficient (Wildman–Crippen LogP) is 2.65. The lowest BCUT2D eigenvalue weighted by atomic mass is 10.1. The van der Waals surface area contributed by atoms with Crippen molar-refractivity contribution in [1.29, 1.82) is 0 Å². The number of nitrogens with zero attached hydrogens (tertiary/aromatic N) is 1. The Morgan fingerprint density at radius 3 is 2.67 bits per heavy atom. The first-order chi connectivity index (χ1) is 9.97. The van der Waals surface area contributed by atoms with Crippen molar-refractivity contribution >= 4 is 11.6 Å². The number of nitrogens with one attached hydrogen (secondary N) is 1. The van der Waals surface area contributed by atoms with Crippen LogP contribution in [0.2, 0.25) is 0 Å². The van der Waals surface area contributed by atoms with Crippen molar-refractivity contribution in [3.05, 3.63) is 29.6 Å². The number of amides is 1. The van der Waals surface area contributed by atoms with Gasteiger partial charge < -0.3 is 16.0 Å². The zero-order valence-electron chi connectivity index (χ0n) is 13.2. The van der Waals surface area contributed by atoms with Gasteiger partial charge in [0.15, 0.2) is 0 Å². The van der Waals surface area contributed by atoms with Crippen LogP contribution in [0.1, 0.15) is 44.0 Å². The van der Waals surface area contributed by atoms with Crippen molar-refractivity contribution in [2.75, 3.05) is 25.4 Å². The number of carbonyl (C=O) groups excluding carboxylic acids is 1. The first-order valence-corrected chi connectivity index (χ1v) is 7.56. The number of nitrogens with two attached hydrogens (primary N) is 1. The standard InChI is InChI=1S/C16H26FN3O/c1-4-20(5-2)10-6-7-12(3)19-16(21)14-11-13(17)8-9-15(14)18/h8-9,11-12H,4-7,10,18H2,1-3H3,(H,19,21). The Labute approximate surface area is 126 Å². The zero-order chi connectivity index (χ0) is 15.8. The van der Waals surface area contributed by atoms with E-state index in [0.717, 1.165) is 32.5 Å². The van der Waals surface area contributed by atoms with E-state index in [1.165, 1.54) is 18.2 Å². The van der Waals surface area contributed by atoms with E-state index in [0.29, 0.717) is 5.69 Å². The first-order valence-electron chi connectivity index (χ1n) is 7.56. The number of rotatable bonds is 8. The van der Waals surface area contributed by atoms with Crippen molar-refractivity contribution in [3.63, 3.8) is 0 Å². The van der Waals surface area contributed by atoms with Gasteiger partial charge in [-0.3, -0.25) is 4.79 Å². The summed E-state index contributed by atoms with van der Waals surface area (Å²) < 4.78 is 13.2. The number of hydrogen-bond donors (Lipinski definition) is 2. The molecule has 21 heavy (non-hydrogen) atoms. The van der Waals surface area contributed by atoms with Crippen LogP contribution in [0, 0.1) is 5.82 Å². The summed E-state index contributed by atoms with van der Waals surface area (Å²) in [6.07, 6.45) is 1.90. The van der Waals surface area contributed by atoms with E-state index in [2.05, 4.69) is 24.1 Å². The average molecular weight is 295 g/mol. The first kappa shape index (κ1) is 17.4. The molecule has 4 nitrogen and oxygen atoms in total. The Kier molecular flexibility index (Phi) is 7.15. The Morgan fingerprint density at radius 1 is 1.38 bits per heavy atom. The summed E-state index contributed by atoms with van der Waals surface area (Å²) in [6.45, 7) is 9.34. The monoisotopic (exact) mass is 295 g/mol. The second-order valence-corrected chi connectivity index (χ2v) is 5.28. The Hall–Kier alpha value is -1.62. The van der Waals surface area contributed by atoms with Gasteiger partial charge in [-0.05, 0) is 57.6 Å². The molecule has 3 N–H and O–H groups in total. The summed E-state index contributed by atoms with van der Waals surface area (Å²) >= 11 is 0. The van der Waals surface area contributed by atoms with E-state index in [9.17, 15) is 9.18 Å². The van der Waals surface area contributed by atoms with Gasteiger partial charge in [-0.25, -0.2) is 4.39 Å². The molecule has 0 aliphatic rings. The summed E-state index contributed by atoms with van der Waals surface area (Å²) in [5.41, 5.74) is 6.20. The normalized spacial score (nSPS) is 12.4. The number of benzene rings is 1. The zero-order valence-corrected chi connectivity index (χ0v) is 13.2. The molecule has 0 spiro atoms. The van der Waals surface area contributed by atoms with Gasteiger partial charge >= 0.3 is 0 Å². The number of hydrogen-bond acceptors (Lipinski definition) is 3. The van der Waals surface area contributed by atoms with Gasteiger partial charge in [0.1, 0.15) is 5.82 Å². The van der Waals surface area contributed by atoms with Crippen LogP contribution in [0.15, 0.2) is 18.2 Å². The quantitative estimate of drug-likeness (QED) is 0.725. The van der Waals surface area contributed by atoms with E-state index < -0.39 is 5.82 Å². The molecular weight excluding hydrogens is 269 g/mol. The van der Waals surface area contributed by atoms with Crippen LogP contribution in [-0.2, 0) is 0 Å². The van der Waals surface area contributed by atoms with Crippen LogP contribution in [0.5, 0.6) is 0 Å². The molecule has 1 atom stereocenters. The number of anilines is 1. The van der Waals surface area contributed by atoms with Crippen LogP contribution in [-0.4, -0.2) is 36.5 Å². The molecular formula is C16H26FN3O. The van der Waals surface area contributed by atoms with Gasteiger partial charge in [-0.15, -0.1) is 0 Å². The minimum atomic E-state index is -0.455. The van der Waals surface area contributed by atoms with Gasteiger partial charge in [0.05, 0.1) is 5.56 Å². The van der Waals surface area contributed by atoms with E-state index >= 15 is 0 Å². The molecule has 0 radical (unpaired) electrons. The van der Waals surface area contributed by atoms with Gasteiger partial charge in [-0.1, -0.05) is 13.8 Å². The largest absolute Gasteiger partial charge is 0.398 e. The van der Waals surface area contributed by atoms with E-state index in [1.54, 1.807) is 0 Å². The summed E-state index contributed by atoms with van der Waals surface area (Å²) in [5, 5.41) is 2.87. The number of halogens is 1. The molecule has 1 aromatic rings. The lowest BCUT2D eigenvalue weighted by Crippen LogP contribution is -2.34. The molecule has 0 bridgehead atoms. The number of nitrogen functional groups attached to an aromatic ring is 1. The van der Waals surface area contributed by atoms with Crippen molar-refractivity contribution in [3.8, 4) is 0 Å². The van der Waals surface area contributed by atoms with Crippen LogP contribution in [0.25, 0.3) is 0 Å². The molecule has 0 heterocycles. The summed E-state index contributed by atoms with van der Waals surface area (Å²) in [5.74, 6) is -0.772. The summed E-state index contributed by atoms with van der Waals surface area (Å²) in [7, 11) is 0. The topological polar surface area (TPSA) is 58.4 Å². The highest BCUT2D eigenvalue weighted by atomic mass is 19.1. The van der Waals surface area contributed by atoms with Gasteiger partial charge in [0.25, 0.3) is 5.91 Å². The van der Waals surface area contributed by atoms with Crippen LogP contribution < -0.4 is 11.1 Å². The SMILES string of the molecule is CCN(CC)CCCC(C)NC(=O)c1cc(F)ccc1N. The van der Waals surface area contributed by atoms with Crippen molar-refractivity contribution in [2.24, 2.45) is 0 Å². The fraction of sp³-hybridized carbons (Fsp3) is 0.562. The predicted molar refractivity (Wildman–Crippen MR) is 84.8 cm³/mol. The maximum Gasteiger partial charge on any atom is 0.253 e. The molecule has 1 aromatic carbocycles. The molecule has 1 unspecified atom stereocenters. The van der Waals surface area contributed by atoms with E-state index in [4.69, 9.17) is 5.73 Å². The fourth-order valence-corrected chi connectivity index (χ4v) is 2.26. The van der Waals surface area contributed by atoms with Crippen molar-refractivity contribution in [1.82, 2.24) is 10.2 Å². The fourth-order valence-electron chi connectivity index (χ4n) is 2.26. The molecule has 0 aliphatic carbocycles. The minimum absolute atomic E-state index is 0.0377. The van der Waals surface area contributed by atoms with Crippen molar-refractivity contribution in [2.45, 2.75) is 39.7 Å². The van der Waals surface area contributed by atoms with Crippen LogP contribution >= 0.6 is 0 Å².